The van der Waals surface area contributed by atoms with Gasteiger partial charge in [0.25, 0.3) is 0 Å². The second kappa shape index (κ2) is 9.74. The first-order chi connectivity index (χ1) is 12.2. The summed E-state index contributed by atoms with van der Waals surface area (Å²) in [5.74, 6) is 6.13. The number of hydrogen-bond acceptors (Lipinski definition) is 0. The molecule has 130 valence electrons. The Kier molecular flexibility index (Phi) is 7.36. The van der Waals surface area contributed by atoms with Gasteiger partial charge in [0.2, 0.25) is 0 Å². The average molecular weight is 332 g/mol. The fourth-order valence-corrected chi connectivity index (χ4v) is 2.86. The summed E-state index contributed by atoms with van der Waals surface area (Å²) >= 11 is 0. The molecule has 3 rings (SSSR count). The molecule has 0 unspecified atom stereocenters. The van der Waals surface area contributed by atoms with Crippen LogP contribution >= 0.6 is 0 Å². The molecule has 1 nitrogen and oxygen atoms in total. The van der Waals surface area contributed by atoms with E-state index in [-0.39, 0.29) is 0 Å². The Morgan fingerprint density at radius 3 is 2.48 bits per heavy atom. The summed E-state index contributed by atoms with van der Waals surface area (Å²) in [6, 6.07) is 16.9. The van der Waals surface area contributed by atoms with E-state index in [0.717, 1.165) is 18.5 Å². The fraction of sp³-hybridized carbons (Fsp3) is 0.333. The number of benzene rings is 2. The van der Waals surface area contributed by atoms with Crippen molar-refractivity contribution in [1.29, 1.82) is 0 Å². The highest BCUT2D eigenvalue weighted by molar-refractivity contribution is 5.83. The second-order valence-corrected chi connectivity index (χ2v) is 6.40. The zero-order chi connectivity index (χ0) is 18.1. The Labute approximate surface area is 152 Å². The van der Waals surface area contributed by atoms with E-state index in [1.807, 2.05) is 12.1 Å². The van der Waals surface area contributed by atoms with Crippen molar-refractivity contribution in [2.75, 3.05) is 0 Å². The van der Waals surface area contributed by atoms with Gasteiger partial charge in [-0.05, 0) is 49.6 Å². The van der Waals surface area contributed by atoms with E-state index < -0.39 is 0 Å². The van der Waals surface area contributed by atoms with Crippen molar-refractivity contribution < 1.29 is 0 Å². The summed E-state index contributed by atoms with van der Waals surface area (Å²) in [6.45, 7) is 9.70. The summed E-state index contributed by atoms with van der Waals surface area (Å²) in [5, 5.41) is 1.39. The first-order valence-corrected chi connectivity index (χ1v) is 9.25. The van der Waals surface area contributed by atoms with Gasteiger partial charge >= 0.3 is 0 Å². The van der Waals surface area contributed by atoms with Crippen molar-refractivity contribution in [2.45, 2.75) is 53.5 Å². The molecule has 3 aromatic rings. The van der Waals surface area contributed by atoms with E-state index in [9.17, 15) is 0 Å². The minimum absolute atomic E-state index is 0.925. The molecule has 1 aromatic heterocycles. The monoisotopic (exact) mass is 331 g/mol. The Bertz CT molecular complexity index is 858. The van der Waals surface area contributed by atoms with Gasteiger partial charge in [-0.1, -0.05) is 62.4 Å². The van der Waals surface area contributed by atoms with Crippen molar-refractivity contribution >= 4 is 10.9 Å². The largest absolute Gasteiger partial charge is 0.347 e. The smallest absolute Gasteiger partial charge is 0.0483 e. The molecule has 0 aliphatic carbocycles. The Morgan fingerprint density at radius 1 is 0.960 bits per heavy atom. The average Bonchev–Trinajstić information content (AvgIpc) is 2.95. The molecule has 0 saturated carbocycles. The Hall–Kier alpha value is -2.46. The lowest BCUT2D eigenvalue weighted by atomic mass is 10.1. The molecule has 1 heteroatoms. The van der Waals surface area contributed by atoms with Gasteiger partial charge in [0, 0.05) is 35.6 Å². The molecule has 0 spiro atoms. The summed E-state index contributed by atoms with van der Waals surface area (Å²) in [6.07, 6.45) is 5.71. The highest BCUT2D eigenvalue weighted by Gasteiger charge is 2.02. The summed E-state index contributed by atoms with van der Waals surface area (Å²) < 4.78 is 2.37. The minimum atomic E-state index is 0.925. The lowest BCUT2D eigenvalue weighted by Crippen LogP contribution is -1.94. The Morgan fingerprint density at radius 2 is 1.76 bits per heavy atom. The highest BCUT2D eigenvalue weighted by atomic mass is 14.9. The SMILES string of the molecule is CCC#Cc1cccc(C)c1.CCCCn1cc(C)c2ccccc21. The molecular formula is C24H29N. The number of hydrogen-bond donors (Lipinski definition) is 0. The molecule has 1 heterocycles. The summed E-state index contributed by atoms with van der Waals surface area (Å²) in [7, 11) is 0. The van der Waals surface area contributed by atoms with Crippen LogP contribution in [-0.2, 0) is 6.54 Å². The number of aromatic nitrogens is 1. The van der Waals surface area contributed by atoms with Gasteiger partial charge in [0.1, 0.15) is 0 Å². The van der Waals surface area contributed by atoms with E-state index in [0.29, 0.717) is 0 Å². The normalized spacial score (nSPS) is 9.92. The van der Waals surface area contributed by atoms with E-state index in [1.165, 1.54) is 34.9 Å². The maximum atomic E-state index is 3.09. The van der Waals surface area contributed by atoms with Crippen LogP contribution in [0.3, 0.4) is 0 Å². The zero-order valence-electron chi connectivity index (χ0n) is 16.0. The maximum Gasteiger partial charge on any atom is 0.0483 e. The lowest BCUT2D eigenvalue weighted by molar-refractivity contribution is 0.649. The zero-order valence-corrected chi connectivity index (χ0v) is 16.0. The van der Waals surface area contributed by atoms with Crippen LogP contribution in [0, 0.1) is 25.7 Å². The molecule has 0 aliphatic heterocycles. The molecular weight excluding hydrogens is 302 g/mol. The number of unbranched alkanes of at least 4 members (excludes halogenated alkanes) is 1. The molecule has 0 radical (unpaired) electrons. The van der Waals surface area contributed by atoms with Gasteiger partial charge in [-0.3, -0.25) is 0 Å². The molecule has 0 atom stereocenters. The first kappa shape index (κ1) is 18.9. The van der Waals surface area contributed by atoms with Crippen LogP contribution in [-0.4, -0.2) is 4.57 Å². The van der Waals surface area contributed by atoms with Crippen LogP contribution < -0.4 is 0 Å². The number of nitrogens with zero attached hydrogens (tertiary/aromatic N) is 1. The van der Waals surface area contributed by atoms with Crippen LogP contribution in [0.25, 0.3) is 10.9 Å². The van der Waals surface area contributed by atoms with Crippen molar-refractivity contribution in [2.24, 2.45) is 0 Å². The molecule has 0 fully saturated rings. The van der Waals surface area contributed by atoms with E-state index in [4.69, 9.17) is 0 Å². The van der Waals surface area contributed by atoms with E-state index >= 15 is 0 Å². The van der Waals surface area contributed by atoms with Crippen LogP contribution in [0.2, 0.25) is 0 Å². The topological polar surface area (TPSA) is 4.93 Å². The maximum absolute atomic E-state index is 3.09. The first-order valence-electron chi connectivity index (χ1n) is 9.25. The van der Waals surface area contributed by atoms with Gasteiger partial charge in [-0.25, -0.2) is 0 Å². The van der Waals surface area contributed by atoms with Crippen LogP contribution in [0.4, 0.5) is 0 Å². The number of aryl methyl sites for hydroxylation is 3. The third-order valence-electron chi connectivity index (χ3n) is 4.17. The third kappa shape index (κ3) is 5.54. The fourth-order valence-electron chi connectivity index (χ4n) is 2.86. The van der Waals surface area contributed by atoms with Gasteiger partial charge < -0.3 is 4.57 Å². The van der Waals surface area contributed by atoms with E-state index in [2.05, 4.69) is 86.7 Å². The molecule has 25 heavy (non-hydrogen) atoms. The van der Waals surface area contributed by atoms with Crippen LogP contribution in [0.15, 0.2) is 54.7 Å². The molecule has 0 amide bonds. The van der Waals surface area contributed by atoms with Crippen molar-refractivity contribution in [3.05, 3.63) is 71.4 Å². The van der Waals surface area contributed by atoms with Crippen molar-refractivity contribution in [1.82, 2.24) is 4.57 Å². The molecule has 2 aromatic carbocycles. The predicted molar refractivity (Wildman–Crippen MR) is 110 cm³/mol. The Balaban J connectivity index is 0.000000186. The second-order valence-electron chi connectivity index (χ2n) is 6.40. The highest BCUT2D eigenvalue weighted by Crippen LogP contribution is 2.20. The number of fused-ring (bicyclic) bond motifs is 1. The van der Waals surface area contributed by atoms with Gasteiger partial charge in [-0.15, -0.1) is 0 Å². The summed E-state index contributed by atoms with van der Waals surface area (Å²) in [5.41, 5.74) is 5.15. The summed E-state index contributed by atoms with van der Waals surface area (Å²) in [4.78, 5) is 0. The van der Waals surface area contributed by atoms with Crippen molar-refractivity contribution in [3.63, 3.8) is 0 Å². The third-order valence-corrected chi connectivity index (χ3v) is 4.17. The van der Waals surface area contributed by atoms with E-state index in [1.54, 1.807) is 0 Å². The van der Waals surface area contributed by atoms with Crippen LogP contribution in [0.5, 0.6) is 0 Å². The number of para-hydroxylation sites is 1. The molecule has 0 aliphatic rings. The van der Waals surface area contributed by atoms with Gasteiger partial charge in [0.15, 0.2) is 0 Å². The van der Waals surface area contributed by atoms with Gasteiger partial charge in [-0.2, -0.15) is 0 Å². The predicted octanol–water partition coefficient (Wildman–Crippen LogP) is 6.51. The number of rotatable bonds is 3. The van der Waals surface area contributed by atoms with Crippen LogP contribution in [0.1, 0.15) is 49.8 Å². The molecule has 0 N–H and O–H groups in total. The van der Waals surface area contributed by atoms with Gasteiger partial charge in [0.05, 0.1) is 0 Å². The molecule has 0 saturated heterocycles. The molecule has 0 bridgehead atoms. The van der Waals surface area contributed by atoms with Crippen molar-refractivity contribution in [3.8, 4) is 11.8 Å². The lowest BCUT2D eigenvalue weighted by Gasteiger charge is -2.02. The quantitative estimate of drug-likeness (QED) is 0.482. The standard InChI is InChI=1S/C13H17N.C11H12/c1-3-4-9-14-10-11(2)12-7-5-6-8-13(12)14;1-3-4-7-11-8-5-6-10(2)9-11/h5-8,10H,3-4,9H2,1-2H3;5-6,8-9H,3H2,1-2H3. The minimum Gasteiger partial charge on any atom is -0.347 e.